The molecule has 1 atom stereocenters. The van der Waals surface area contributed by atoms with E-state index in [0.717, 1.165) is 45.3 Å². The molecular formula is C15H28N2O3. The molecule has 0 spiro atoms. The summed E-state index contributed by atoms with van der Waals surface area (Å²) in [6.45, 7) is 6.23. The second kappa shape index (κ2) is 7.38. The molecular weight excluding hydrogens is 256 g/mol. The number of nitrogens with zero attached hydrogens (tertiary/aromatic N) is 1. The maximum Gasteiger partial charge on any atom is 0.224 e. The lowest BCUT2D eigenvalue weighted by molar-refractivity contribution is -0.140. The molecule has 2 fully saturated rings. The minimum absolute atomic E-state index is 0.177. The van der Waals surface area contributed by atoms with E-state index in [4.69, 9.17) is 9.47 Å². The van der Waals surface area contributed by atoms with Crippen molar-refractivity contribution in [2.24, 2.45) is 0 Å². The van der Waals surface area contributed by atoms with E-state index in [1.165, 1.54) is 0 Å². The smallest absolute Gasteiger partial charge is 0.224 e. The highest BCUT2D eigenvalue weighted by atomic mass is 16.5. The van der Waals surface area contributed by atoms with Crippen LogP contribution in [-0.4, -0.2) is 62.4 Å². The number of hydrogen-bond acceptors (Lipinski definition) is 4. The van der Waals surface area contributed by atoms with Crippen molar-refractivity contribution in [3.63, 3.8) is 0 Å². The van der Waals surface area contributed by atoms with Crippen molar-refractivity contribution in [3.05, 3.63) is 0 Å². The van der Waals surface area contributed by atoms with Crippen LogP contribution in [0, 0.1) is 0 Å². The summed E-state index contributed by atoms with van der Waals surface area (Å²) >= 11 is 0. The zero-order chi connectivity index (χ0) is 14.4. The zero-order valence-electron chi connectivity index (χ0n) is 12.8. The molecule has 0 saturated carbocycles. The Kier molecular flexibility index (Phi) is 5.81. The molecule has 0 radical (unpaired) electrons. The molecule has 5 nitrogen and oxygen atoms in total. The van der Waals surface area contributed by atoms with Crippen LogP contribution in [0.25, 0.3) is 0 Å². The highest BCUT2D eigenvalue weighted by Gasteiger charge is 2.32. The molecule has 2 heterocycles. The first kappa shape index (κ1) is 15.7. The van der Waals surface area contributed by atoms with Gasteiger partial charge >= 0.3 is 0 Å². The van der Waals surface area contributed by atoms with Crippen LogP contribution in [0.2, 0.25) is 0 Å². The predicted octanol–water partition coefficient (Wildman–Crippen LogP) is 1.17. The number of rotatable bonds is 5. The van der Waals surface area contributed by atoms with Gasteiger partial charge in [0.15, 0.2) is 0 Å². The Morgan fingerprint density at radius 1 is 1.40 bits per heavy atom. The number of methoxy groups -OCH3 is 1. The summed E-state index contributed by atoms with van der Waals surface area (Å²) in [5.41, 5.74) is -0.177. The monoisotopic (exact) mass is 284 g/mol. The van der Waals surface area contributed by atoms with Gasteiger partial charge in [-0.25, -0.2) is 0 Å². The molecule has 0 bridgehead atoms. The largest absolute Gasteiger partial charge is 0.378 e. The van der Waals surface area contributed by atoms with Crippen LogP contribution in [-0.2, 0) is 14.3 Å². The van der Waals surface area contributed by atoms with Gasteiger partial charge in [-0.05, 0) is 45.7 Å². The van der Waals surface area contributed by atoms with Gasteiger partial charge in [-0.1, -0.05) is 0 Å². The summed E-state index contributed by atoms with van der Waals surface area (Å²) in [5.74, 6) is 0.196. The Bertz CT molecular complexity index is 318. The van der Waals surface area contributed by atoms with E-state index >= 15 is 0 Å². The molecule has 0 aromatic heterocycles. The number of likely N-dealkylation sites (tertiary alicyclic amines) is 1. The topological polar surface area (TPSA) is 50.8 Å². The summed E-state index contributed by atoms with van der Waals surface area (Å²) < 4.78 is 11.3. The van der Waals surface area contributed by atoms with E-state index in [1.54, 1.807) is 7.11 Å². The molecule has 0 aromatic carbocycles. The molecule has 5 heteroatoms. The highest BCUT2D eigenvalue weighted by Crippen LogP contribution is 2.24. The standard InChI is InChI=1S/C15H28N2O3/c1-15(19-2)7-3-10-17(12-15)14(18)6-11-20-13-4-8-16-9-5-13/h13,16H,3-12H2,1-2H3. The van der Waals surface area contributed by atoms with Crippen molar-refractivity contribution in [2.75, 3.05) is 39.9 Å². The lowest BCUT2D eigenvalue weighted by Crippen LogP contribution is -2.49. The summed E-state index contributed by atoms with van der Waals surface area (Å²) in [4.78, 5) is 14.2. The van der Waals surface area contributed by atoms with Gasteiger partial charge in [0.25, 0.3) is 0 Å². The normalized spacial score (nSPS) is 28.6. The van der Waals surface area contributed by atoms with Crippen LogP contribution < -0.4 is 5.32 Å². The van der Waals surface area contributed by atoms with Gasteiger partial charge in [-0.2, -0.15) is 0 Å². The lowest BCUT2D eigenvalue weighted by Gasteiger charge is -2.39. The Hall–Kier alpha value is -0.650. The Labute approximate surface area is 122 Å². The summed E-state index contributed by atoms with van der Waals surface area (Å²) in [6, 6.07) is 0. The fourth-order valence-electron chi connectivity index (χ4n) is 3.02. The second-order valence-corrected chi connectivity index (χ2v) is 6.14. The van der Waals surface area contributed by atoms with Gasteiger partial charge in [0.05, 0.1) is 24.7 Å². The molecule has 1 N–H and O–H groups in total. The number of piperidine rings is 2. The molecule has 1 amide bonds. The fourth-order valence-corrected chi connectivity index (χ4v) is 3.02. The van der Waals surface area contributed by atoms with Crippen molar-refractivity contribution in [1.29, 1.82) is 0 Å². The van der Waals surface area contributed by atoms with Crippen LogP contribution in [0.3, 0.4) is 0 Å². The Morgan fingerprint density at radius 3 is 2.85 bits per heavy atom. The van der Waals surface area contributed by atoms with Crippen molar-refractivity contribution in [1.82, 2.24) is 10.2 Å². The van der Waals surface area contributed by atoms with E-state index in [-0.39, 0.29) is 11.5 Å². The summed E-state index contributed by atoms with van der Waals surface area (Å²) in [6.07, 6.45) is 4.97. The van der Waals surface area contributed by atoms with Gasteiger partial charge in [-0.3, -0.25) is 4.79 Å². The second-order valence-electron chi connectivity index (χ2n) is 6.14. The number of hydrogen-bond donors (Lipinski definition) is 1. The van der Waals surface area contributed by atoms with Crippen LogP contribution in [0.15, 0.2) is 0 Å². The number of nitrogens with one attached hydrogen (secondary N) is 1. The maximum atomic E-state index is 12.2. The number of amides is 1. The van der Waals surface area contributed by atoms with Crippen LogP contribution in [0.5, 0.6) is 0 Å². The predicted molar refractivity (Wildman–Crippen MR) is 77.7 cm³/mol. The number of ether oxygens (including phenoxy) is 2. The van der Waals surface area contributed by atoms with Crippen LogP contribution in [0.4, 0.5) is 0 Å². The quantitative estimate of drug-likeness (QED) is 0.823. The van der Waals surface area contributed by atoms with Crippen LogP contribution in [0.1, 0.15) is 39.0 Å². The average Bonchev–Trinajstić information content (AvgIpc) is 2.48. The minimum atomic E-state index is -0.177. The molecule has 2 aliphatic rings. The van der Waals surface area contributed by atoms with Gasteiger partial charge < -0.3 is 19.7 Å². The third kappa shape index (κ3) is 4.43. The number of carbonyl (C=O) groups excluding carboxylic acids is 1. The van der Waals surface area contributed by atoms with E-state index < -0.39 is 0 Å². The third-order valence-corrected chi connectivity index (χ3v) is 4.46. The maximum absolute atomic E-state index is 12.2. The van der Waals surface area contributed by atoms with Crippen LogP contribution >= 0.6 is 0 Å². The highest BCUT2D eigenvalue weighted by molar-refractivity contribution is 5.76. The number of carbonyl (C=O) groups is 1. The SMILES string of the molecule is COC1(C)CCCN(C(=O)CCOC2CCNCC2)C1. The summed E-state index contributed by atoms with van der Waals surface area (Å²) in [5, 5.41) is 3.31. The zero-order valence-corrected chi connectivity index (χ0v) is 12.8. The molecule has 2 saturated heterocycles. The first-order chi connectivity index (χ1) is 9.63. The average molecular weight is 284 g/mol. The first-order valence-electron chi connectivity index (χ1n) is 7.78. The van der Waals surface area contributed by atoms with Crippen molar-refractivity contribution in [2.45, 2.75) is 50.7 Å². The third-order valence-electron chi connectivity index (χ3n) is 4.46. The summed E-state index contributed by atoms with van der Waals surface area (Å²) in [7, 11) is 1.73. The van der Waals surface area contributed by atoms with Gasteiger partial charge in [-0.15, -0.1) is 0 Å². The lowest BCUT2D eigenvalue weighted by atomic mass is 9.94. The molecule has 0 aromatic rings. The fraction of sp³-hybridized carbons (Fsp3) is 0.933. The van der Waals surface area contributed by atoms with E-state index in [1.807, 2.05) is 4.90 Å². The first-order valence-corrected chi connectivity index (χ1v) is 7.78. The molecule has 2 rings (SSSR count). The van der Waals surface area contributed by atoms with E-state index in [0.29, 0.717) is 25.7 Å². The molecule has 0 aliphatic carbocycles. The molecule has 116 valence electrons. The molecule has 20 heavy (non-hydrogen) atoms. The van der Waals surface area contributed by atoms with Gasteiger partial charge in [0.1, 0.15) is 0 Å². The van der Waals surface area contributed by atoms with Crippen molar-refractivity contribution >= 4 is 5.91 Å². The van der Waals surface area contributed by atoms with E-state index in [2.05, 4.69) is 12.2 Å². The van der Waals surface area contributed by atoms with Gasteiger partial charge in [0, 0.05) is 20.2 Å². The Morgan fingerprint density at radius 2 is 2.15 bits per heavy atom. The molecule has 1 unspecified atom stereocenters. The van der Waals surface area contributed by atoms with Gasteiger partial charge in [0.2, 0.25) is 5.91 Å². The minimum Gasteiger partial charge on any atom is -0.378 e. The Balaban J connectivity index is 1.68. The van der Waals surface area contributed by atoms with E-state index in [9.17, 15) is 4.79 Å². The van der Waals surface area contributed by atoms with Crippen molar-refractivity contribution in [3.8, 4) is 0 Å². The molecule has 2 aliphatic heterocycles. The van der Waals surface area contributed by atoms with Crippen molar-refractivity contribution < 1.29 is 14.3 Å².